The summed E-state index contributed by atoms with van der Waals surface area (Å²) in [6, 6.07) is 0. The maximum atomic E-state index is 5.13. The Morgan fingerprint density at radius 3 is 3.00 bits per heavy atom. The average Bonchev–Trinajstić information content (AvgIpc) is 1.80. The molecule has 58 valence electrons. The summed E-state index contributed by atoms with van der Waals surface area (Å²) in [5.74, 6) is 0.791. The fourth-order valence-corrected chi connectivity index (χ4v) is 0.802. The lowest BCUT2D eigenvalue weighted by Gasteiger charge is -2.28. The maximum absolute atomic E-state index is 5.13. The molecule has 0 spiro atoms. The molecule has 1 aliphatic heterocycles. The molecule has 1 atom stereocenters. The largest absolute Gasteiger partial charge is 0.499 e. The highest BCUT2D eigenvalue weighted by Crippen LogP contribution is 2.09. The molecule has 1 unspecified atom stereocenters. The van der Waals surface area contributed by atoms with Crippen LogP contribution in [0, 0.1) is 0 Å². The Morgan fingerprint density at radius 2 is 2.60 bits per heavy atom. The van der Waals surface area contributed by atoms with Gasteiger partial charge in [-0.3, -0.25) is 5.32 Å². The van der Waals surface area contributed by atoms with Crippen LogP contribution >= 0.6 is 0 Å². The van der Waals surface area contributed by atoms with Gasteiger partial charge >= 0.3 is 0 Å². The molecular formula is C7H13NO2. The van der Waals surface area contributed by atoms with Crippen LogP contribution in [-0.2, 0) is 9.47 Å². The molecule has 3 heteroatoms. The summed E-state index contributed by atoms with van der Waals surface area (Å²) < 4.78 is 10.2. The van der Waals surface area contributed by atoms with E-state index in [1.54, 1.807) is 0 Å². The third-order valence-electron chi connectivity index (χ3n) is 1.36. The average molecular weight is 143 g/mol. The van der Waals surface area contributed by atoms with E-state index in [0.717, 1.165) is 12.2 Å². The highest BCUT2D eigenvalue weighted by atomic mass is 16.6. The predicted octanol–water partition coefficient (Wildman–Crippen LogP) is 0.830. The Kier molecular flexibility index (Phi) is 2.71. The smallest absolute Gasteiger partial charge is 0.118 e. The van der Waals surface area contributed by atoms with Gasteiger partial charge in [-0.2, -0.15) is 0 Å². The fraction of sp³-hybridized carbons (Fsp3) is 0.714. The molecule has 1 aliphatic rings. The molecule has 1 heterocycles. The Bertz CT molecular complexity index is 121. The number of hydrogen-bond donors (Lipinski definition) is 1. The fourth-order valence-electron chi connectivity index (χ4n) is 0.802. The lowest BCUT2D eigenvalue weighted by molar-refractivity contribution is -0.0927. The molecule has 0 aromatic carbocycles. The number of hydrogen-bond acceptors (Lipinski definition) is 3. The number of nitrogens with one attached hydrogen (secondary N) is 1. The van der Waals surface area contributed by atoms with E-state index < -0.39 is 0 Å². The maximum Gasteiger partial charge on any atom is 0.118 e. The van der Waals surface area contributed by atoms with Crippen molar-refractivity contribution in [3.63, 3.8) is 0 Å². The van der Waals surface area contributed by atoms with Crippen LogP contribution in [0.4, 0.5) is 0 Å². The highest BCUT2D eigenvalue weighted by molar-refractivity contribution is 4.86. The second-order valence-corrected chi connectivity index (χ2v) is 2.18. The molecule has 1 N–H and O–H groups in total. The summed E-state index contributed by atoms with van der Waals surface area (Å²) in [6.07, 6.45) is 0.896. The van der Waals surface area contributed by atoms with E-state index in [4.69, 9.17) is 9.47 Å². The normalized spacial score (nSPS) is 23.5. The molecule has 0 aromatic rings. The Morgan fingerprint density at radius 1 is 1.90 bits per heavy atom. The van der Waals surface area contributed by atoms with Crippen molar-refractivity contribution in [1.82, 2.24) is 5.32 Å². The van der Waals surface area contributed by atoms with Gasteiger partial charge in [0.2, 0.25) is 0 Å². The molecule has 1 saturated heterocycles. The van der Waals surface area contributed by atoms with Crippen molar-refractivity contribution >= 4 is 0 Å². The summed E-state index contributed by atoms with van der Waals surface area (Å²) in [5.41, 5.74) is 0. The van der Waals surface area contributed by atoms with Crippen molar-refractivity contribution in [3.05, 3.63) is 12.3 Å². The zero-order chi connectivity index (χ0) is 7.40. The molecule has 1 rings (SSSR count). The monoisotopic (exact) mass is 143 g/mol. The number of ether oxygens (including phenoxy) is 2. The Hall–Kier alpha value is -0.540. The lowest BCUT2D eigenvalue weighted by atomic mass is 10.3. The van der Waals surface area contributed by atoms with Crippen LogP contribution in [0.15, 0.2) is 12.3 Å². The zero-order valence-corrected chi connectivity index (χ0v) is 6.22. The zero-order valence-electron chi connectivity index (χ0n) is 6.22. The minimum absolute atomic E-state index is 0.138. The van der Waals surface area contributed by atoms with Crippen LogP contribution in [0.3, 0.4) is 0 Å². The van der Waals surface area contributed by atoms with Crippen molar-refractivity contribution < 1.29 is 9.47 Å². The summed E-state index contributed by atoms with van der Waals surface area (Å²) in [6.45, 7) is 7.01. The molecule has 0 aromatic heterocycles. The molecule has 3 nitrogen and oxygen atoms in total. The van der Waals surface area contributed by atoms with Crippen LogP contribution in [-0.4, -0.2) is 19.6 Å². The van der Waals surface area contributed by atoms with E-state index in [0.29, 0.717) is 13.3 Å². The molecule has 0 aliphatic carbocycles. The first-order chi connectivity index (χ1) is 4.83. The minimum Gasteiger partial charge on any atom is -0.499 e. The second kappa shape index (κ2) is 3.58. The van der Waals surface area contributed by atoms with Gasteiger partial charge in [0, 0.05) is 6.42 Å². The minimum atomic E-state index is 0.138. The molecule has 0 radical (unpaired) electrons. The van der Waals surface area contributed by atoms with Gasteiger partial charge < -0.3 is 9.47 Å². The van der Waals surface area contributed by atoms with Gasteiger partial charge in [0.25, 0.3) is 0 Å². The molecule has 0 bridgehead atoms. The van der Waals surface area contributed by atoms with Gasteiger partial charge in [-0.25, -0.2) is 0 Å². The first kappa shape index (κ1) is 7.57. The highest BCUT2D eigenvalue weighted by Gasteiger charge is 2.17. The van der Waals surface area contributed by atoms with E-state index in [1.165, 1.54) is 0 Å². The van der Waals surface area contributed by atoms with Crippen LogP contribution in [0.2, 0.25) is 0 Å². The van der Waals surface area contributed by atoms with E-state index in [2.05, 4.69) is 11.9 Å². The van der Waals surface area contributed by atoms with Crippen LogP contribution in [0.25, 0.3) is 0 Å². The Balaban J connectivity index is 2.05. The van der Waals surface area contributed by atoms with Crippen LogP contribution < -0.4 is 5.32 Å². The predicted molar refractivity (Wildman–Crippen MR) is 38.3 cm³/mol. The van der Waals surface area contributed by atoms with Crippen molar-refractivity contribution in [2.45, 2.75) is 19.6 Å². The molecule has 1 fully saturated rings. The van der Waals surface area contributed by atoms with Gasteiger partial charge in [-0.05, 0) is 6.92 Å². The van der Waals surface area contributed by atoms with E-state index >= 15 is 0 Å². The second-order valence-electron chi connectivity index (χ2n) is 2.18. The van der Waals surface area contributed by atoms with E-state index in [-0.39, 0.29) is 6.23 Å². The molecule has 0 saturated carbocycles. The molecule has 10 heavy (non-hydrogen) atoms. The van der Waals surface area contributed by atoms with E-state index in [9.17, 15) is 0 Å². The molecule has 0 amide bonds. The summed E-state index contributed by atoms with van der Waals surface area (Å²) in [7, 11) is 0. The summed E-state index contributed by atoms with van der Waals surface area (Å²) in [5, 5.41) is 3.07. The van der Waals surface area contributed by atoms with Crippen molar-refractivity contribution in [3.8, 4) is 0 Å². The standard InChI is InChI=1S/C7H13NO2/c1-3-9-6(2)4-7-8-5-10-7/h7-8H,2-5H2,1H3. The van der Waals surface area contributed by atoms with Gasteiger partial charge in [0.05, 0.1) is 12.4 Å². The van der Waals surface area contributed by atoms with Gasteiger partial charge in [-0.1, -0.05) is 6.58 Å². The first-order valence-electron chi connectivity index (χ1n) is 3.48. The SMILES string of the molecule is C=C(CC1NCO1)OCC. The van der Waals surface area contributed by atoms with Crippen molar-refractivity contribution in [1.29, 1.82) is 0 Å². The van der Waals surface area contributed by atoms with Gasteiger partial charge in [0.15, 0.2) is 0 Å². The summed E-state index contributed by atoms with van der Waals surface area (Å²) >= 11 is 0. The van der Waals surface area contributed by atoms with Gasteiger partial charge in [0.1, 0.15) is 13.0 Å². The van der Waals surface area contributed by atoms with Gasteiger partial charge in [-0.15, -0.1) is 0 Å². The van der Waals surface area contributed by atoms with Crippen molar-refractivity contribution in [2.75, 3.05) is 13.3 Å². The topological polar surface area (TPSA) is 30.5 Å². The third kappa shape index (κ3) is 2.01. The summed E-state index contributed by atoms with van der Waals surface area (Å²) in [4.78, 5) is 0. The van der Waals surface area contributed by atoms with E-state index in [1.807, 2.05) is 6.92 Å². The van der Waals surface area contributed by atoms with Crippen molar-refractivity contribution in [2.24, 2.45) is 0 Å². The quantitative estimate of drug-likeness (QED) is 0.591. The Labute approximate surface area is 61.0 Å². The molecular weight excluding hydrogens is 130 g/mol. The number of rotatable bonds is 4. The van der Waals surface area contributed by atoms with Crippen LogP contribution in [0.1, 0.15) is 13.3 Å². The third-order valence-corrected chi connectivity index (χ3v) is 1.36. The first-order valence-corrected chi connectivity index (χ1v) is 3.48. The lowest BCUT2D eigenvalue weighted by Crippen LogP contribution is -2.46. The van der Waals surface area contributed by atoms with Crippen LogP contribution in [0.5, 0.6) is 0 Å².